The molecule has 0 amide bonds. The van der Waals surface area contributed by atoms with Gasteiger partial charge in [-0.2, -0.15) is 0 Å². The van der Waals surface area contributed by atoms with Gasteiger partial charge in [0.15, 0.2) is 0 Å². The highest BCUT2D eigenvalue weighted by molar-refractivity contribution is 4.83. The Kier molecular flexibility index (Phi) is 3.97. The van der Waals surface area contributed by atoms with Gasteiger partial charge in [0.1, 0.15) is 6.79 Å². The molecule has 0 saturated carbocycles. The van der Waals surface area contributed by atoms with E-state index in [-0.39, 0.29) is 0 Å². The number of nitrogens with zero attached hydrogens (tertiary/aromatic N) is 1. The molecule has 0 aromatic heterocycles. The Balaban J connectivity index is 1.80. The zero-order valence-electron chi connectivity index (χ0n) is 9.74. The smallest absolute Gasteiger partial charge is 0.147 e. The SMILES string of the molecule is CC1CN(CC2CCOCO2)C(C)CN1. The lowest BCUT2D eigenvalue weighted by atomic mass is 10.1. The molecular weight excluding hydrogens is 192 g/mol. The summed E-state index contributed by atoms with van der Waals surface area (Å²) in [6, 6.07) is 1.22. The first-order valence-electron chi connectivity index (χ1n) is 5.92. The fourth-order valence-corrected chi connectivity index (χ4v) is 2.26. The van der Waals surface area contributed by atoms with E-state index in [1.54, 1.807) is 0 Å². The van der Waals surface area contributed by atoms with Crippen molar-refractivity contribution in [3.63, 3.8) is 0 Å². The highest BCUT2D eigenvalue weighted by Crippen LogP contribution is 2.12. The van der Waals surface area contributed by atoms with Crippen LogP contribution in [-0.2, 0) is 9.47 Å². The van der Waals surface area contributed by atoms with Crippen molar-refractivity contribution in [3.8, 4) is 0 Å². The minimum Gasteiger partial charge on any atom is -0.355 e. The highest BCUT2D eigenvalue weighted by Gasteiger charge is 2.26. The van der Waals surface area contributed by atoms with Crippen molar-refractivity contribution in [1.29, 1.82) is 0 Å². The Hall–Kier alpha value is -0.160. The van der Waals surface area contributed by atoms with Crippen LogP contribution in [0.4, 0.5) is 0 Å². The Morgan fingerprint density at radius 1 is 1.40 bits per heavy atom. The van der Waals surface area contributed by atoms with Crippen molar-refractivity contribution in [2.75, 3.05) is 33.0 Å². The van der Waals surface area contributed by atoms with E-state index in [9.17, 15) is 0 Å². The summed E-state index contributed by atoms with van der Waals surface area (Å²) < 4.78 is 10.8. The second-order valence-electron chi connectivity index (χ2n) is 4.72. The molecule has 15 heavy (non-hydrogen) atoms. The van der Waals surface area contributed by atoms with Crippen LogP contribution in [-0.4, -0.2) is 56.1 Å². The molecule has 3 atom stereocenters. The van der Waals surface area contributed by atoms with Gasteiger partial charge in [0.2, 0.25) is 0 Å². The number of ether oxygens (including phenoxy) is 2. The largest absolute Gasteiger partial charge is 0.355 e. The molecule has 88 valence electrons. The van der Waals surface area contributed by atoms with E-state index in [1.165, 1.54) is 0 Å². The van der Waals surface area contributed by atoms with Crippen LogP contribution in [0.3, 0.4) is 0 Å². The number of rotatable bonds is 2. The first-order chi connectivity index (χ1) is 7.25. The Morgan fingerprint density at radius 3 is 3.00 bits per heavy atom. The Morgan fingerprint density at radius 2 is 2.27 bits per heavy atom. The van der Waals surface area contributed by atoms with Crippen molar-refractivity contribution < 1.29 is 9.47 Å². The predicted octanol–water partition coefficient (Wildman–Crippen LogP) is 0.432. The average Bonchev–Trinajstić information content (AvgIpc) is 2.25. The van der Waals surface area contributed by atoms with Crippen LogP contribution in [0.25, 0.3) is 0 Å². The number of hydrogen-bond donors (Lipinski definition) is 1. The van der Waals surface area contributed by atoms with E-state index >= 15 is 0 Å². The van der Waals surface area contributed by atoms with Gasteiger partial charge in [-0.05, 0) is 20.3 Å². The van der Waals surface area contributed by atoms with E-state index in [0.29, 0.717) is 25.0 Å². The van der Waals surface area contributed by atoms with Crippen LogP contribution in [0.15, 0.2) is 0 Å². The lowest BCUT2D eigenvalue weighted by Crippen LogP contribution is -2.56. The van der Waals surface area contributed by atoms with Crippen LogP contribution in [0.2, 0.25) is 0 Å². The fraction of sp³-hybridized carbons (Fsp3) is 1.00. The summed E-state index contributed by atoms with van der Waals surface area (Å²) in [4.78, 5) is 2.52. The average molecular weight is 214 g/mol. The topological polar surface area (TPSA) is 33.7 Å². The van der Waals surface area contributed by atoms with Gasteiger partial charge in [-0.1, -0.05) is 0 Å². The molecule has 2 fully saturated rings. The molecule has 2 aliphatic rings. The molecule has 0 aliphatic carbocycles. The van der Waals surface area contributed by atoms with Crippen molar-refractivity contribution in [3.05, 3.63) is 0 Å². The predicted molar refractivity (Wildman–Crippen MR) is 58.8 cm³/mol. The summed E-state index contributed by atoms with van der Waals surface area (Å²) >= 11 is 0. The van der Waals surface area contributed by atoms with Gasteiger partial charge in [-0.3, -0.25) is 4.90 Å². The molecule has 2 aliphatic heterocycles. The summed E-state index contributed by atoms with van der Waals surface area (Å²) in [5, 5.41) is 3.49. The van der Waals surface area contributed by atoms with Crippen molar-refractivity contribution >= 4 is 0 Å². The van der Waals surface area contributed by atoms with Gasteiger partial charge in [-0.15, -0.1) is 0 Å². The normalized spacial score (nSPS) is 39.2. The summed E-state index contributed by atoms with van der Waals surface area (Å²) in [5.41, 5.74) is 0. The molecule has 2 saturated heterocycles. The maximum absolute atomic E-state index is 5.58. The standard InChI is InChI=1S/C11H22N2O2/c1-9-6-13(10(2)5-12-9)7-11-3-4-14-8-15-11/h9-12H,3-8H2,1-2H3. The lowest BCUT2D eigenvalue weighted by Gasteiger charge is -2.39. The molecule has 4 heteroatoms. The molecule has 2 rings (SSSR count). The molecule has 0 aromatic carbocycles. The number of piperazine rings is 1. The molecular formula is C11H22N2O2. The molecule has 3 unspecified atom stereocenters. The summed E-state index contributed by atoms with van der Waals surface area (Å²) in [6.45, 7) is 9.10. The number of nitrogens with one attached hydrogen (secondary N) is 1. The summed E-state index contributed by atoms with van der Waals surface area (Å²) in [7, 11) is 0. The molecule has 2 heterocycles. The van der Waals surface area contributed by atoms with Gasteiger partial charge in [0.25, 0.3) is 0 Å². The van der Waals surface area contributed by atoms with E-state index in [0.717, 1.165) is 32.7 Å². The van der Waals surface area contributed by atoms with E-state index in [1.807, 2.05) is 0 Å². The third-order valence-corrected chi connectivity index (χ3v) is 3.30. The monoisotopic (exact) mass is 214 g/mol. The van der Waals surface area contributed by atoms with E-state index < -0.39 is 0 Å². The van der Waals surface area contributed by atoms with Gasteiger partial charge in [0, 0.05) is 31.7 Å². The maximum Gasteiger partial charge on any atom is 0.147 e. The van der Waals surface area contributed by atoms with E-state index in [4.69, 9.17) is 9.47 Å². The second-order valence-corrected chi connectivity index (χ2v) is 4.72. The Labute approximate surface area is 91.9 Å². The van der Waals surface area contributed by atoms with Gasteiger partial charge >= 0.3 is 0 Å². The van der Waals surface area contributed by atoms with Crippen LogP contribution >= 0.6 is 0 Å². The molecule has 0 radical (unpaired) electrons. The van der Waals surface area contributed by atoms with Gasteiger partial charge in [-0.25, -0.2) is 0 Å². The van der Waals surface area contributed by atoms with Crippen molar-refractivity contribution in [2.45, 2.75) is 38.5 Å². The van der Waals surface area contributed by atoms with Gasteiger partial charge in [0.05, 0.1) is 12.7 Å². The summed E-state index contributed by atoms with van der Waals surface area (Å²) in [6.07, 6.45) is 1.40. The van der Waals surface area contributed by atoms with Crippen LogP contribution in [0, 0.1) is 0 Å². The van der Waals surface area contributed by atoms with Crippen molar-refractivity contribution in [2.24, 2.45) is 0 Å². The molecule has 1 N–H and O–H groups in total. The fourth-order valence-electron chi connectivity index (χ4n) is 2.26. The quantitative estimate of drug-likeness (QED) is 0.723. The third-order valence-electron chi connectivity index (χ3n) is 3.30. The highest BCUT2D eigenvalue weighted by atomic mass is 16.7. The first kappa shape index (κ1) is 11.3. The zero-order valence-corrected chi connectivity index (χ0v) is 9.74. The molecule has 4 nitrogen and oxygen atoms in total. The maximum atomic E-state index is 5.58. The molecule has 0 spiro atoms. The molecule has 0 aromatic rings. The van der Waals surface area contributed by atoms with Crippen LogP contribution < -0.4 is 5.32 Å². The van der Waals surface area contributed by atoms with Crippen LogP contribution in [0.1, 0.15) is 20.3 Å². The number of hydrogen-bond acceptors (Lipinski definition) is 4. The third kappa shape index (κ3) is 3.14. The molecule has 0 bridgehead atoms. The Bertz CT molecular complexity index is 195. The minimum atomic E-state index is 0.367. The lowest BCUT2D eigenvalue weighted by molar-refractivity contribution is -0.147. The second kappa shape index (κ2) is 5.25. The first-order valence-corrected chi connectivity index (χ1v) is 5.92. The van der Waals surface area contributed by atoms with Crippen molar-refractivity contribution in [1.82, 2.24) is 10.2 Å². The van der Waals surface area contributed by atoms with Gasteiger partial charge < -0.3 is 14.8 Å². The zero-order chi connectivity index (χ0) is 10.7. The minimum absolute atomic E-state index is 0.367. The van der Waals surface area contributed by atoms with E-state index in [2.05, 4.69) is 24.1 Å². The van der Waals surface area contributed by atoms with Crippen LogP contribution in [0.5, 0.6) is 0 Å². The summed E-state index contributed by atoms with van der Waals surface area (Å²) in [5.74, 6) is 0.